The highest BCUT2D eigenvalue weighted by atomic mass is 16.5. The molecule has 0 bridgehead atoms. The fourth-order valence-corrected chi connectivity index (χ4v) is 3.29. The van der Waals surface area contributed by atoms with Crippen LogP contribution < -0.4 is 14.8 Å². The Morgan fingerprint density at radius 1 is 1.10 bits per heavy atom. The summed E-state index contributed by atoms with van der Waals surface area (Å²) in [5, 5.41) is 12.0. The number of ether oxygens (including phenoxy) is 2. The Hall–Kier alpha value is -3.81. The van der Waals surface area contributed by atoms with Crippen LogP contribution >= 0.6 is 0 Å². The van der Waals surface area contributed by atoms with Crippen molar-refractivity contribution in [3.05, 3.63) is 54.6 Å². The number of rotatable bonds is 7. The van der Waals surface area contributed by atoms with E-state index in [0.717, 1.165) is 16.5 Å². The van der Waals surface area contributed by atoms with Crippen molar-refractivity contribution in [3.63, 3.8) is 0 Å². The van der Waals surface area contributed by atoms with E-state index < -0.39 is 0 Å². The van der Waals surface area contributed by atoms with Crippen LogP contribution in [0.5, 0.6) is 11.5 Å². The Morgan fingerprint density at radius 3 is 2.50 bits per heavy atom. The van der Waals surface area contributed by atoms with E-state index in [-0.39, 0.29) is 12.5 Å². The fraction of sp³-hybridized carbons (Fsp3) is 0.227. The lowest BCUT2D eigenvalue weighted by atomic mass is 10.2. The van der Waals surface area contributed by atoms with Gasteiger partial charge in [-0.1, -0.05) is 25.1 Å². The molecule has 1 N–H and O–H groups in total. The van der Waals surface area contributed by atoms with Crippen molar-refractivity contribution in [1.29, 1.82) is 0 Å². The lowest BCUT2D eigenvalue weighted by molar-refractivity contribution is -0.116. The third-order valence-corrected chi connectivity index (χ3v) is 4.74. The van der Waals surface area contributed by atoms with Gasteiger partial charge in [0.15, 0.2) is 0 Å². The molecule has 0 aliphatic carbocycles. The van der Waals surface area contributed by atoms with Gasteiger partial charge in [0.25, 0.3) is 0 Å². The van der Waals surface area contributed by atoms with Gasteiger partial charge in [0.1, 0.15) is 18.0 Å². The van der Waals surface area contributed by atoms with Gasteiger partial charge in [0, 0.05) is 47.4 Å². The smallest absolute Gasteiger partial charge is 0.249 e. The predicted molar refractivity (Wildman–Crippen MR) is 113 cm³/mol. The van der Waals surface area contributed by atoms with E-state index in [1.165, 1.54) is 0 Å². The van der Waals surface area contributed by atoms with Crippen LogP contribution in [0.1, 0.15) is 12.8 Å². The lowest BCUT2D eigenvalue weighted by Crippen LogP contribution is -2.18. The van der Waals surface area contributed by atoms with Crippen LogP contribution in [0.25, 0.3) is 22.4 Å². The second-order valence-corrected chi connectivity index (χ2v) is 6.69. The predicted octanol–water partition coefficient (Wildman–Crippen LogP) is 3.91. The van der Waals surface area contributed by atoms with E-state index in [0.29, 0.717) is 35.4 Å². The van der Waals surface area contributed by atoms with Crippen LogP contribution in [0.2, 0.25) is 0 Å². The Bertz CT molecular complexity index is 1170. The number of nitrogens with one attached hydrogen (secondary N) is 1. The SMILES string of the molecule is CCc1nnc(-c2cn(CC(=O)Nc3cc(OC)cc(OC)c3)c3ccccc23)o1. The molecule has 8 heteroatoms. The molecule has 2 aromatic carbocycles. The number of amides is 1. The average molecular weight is 406 g/mol. The number of methoxy groups -OCH3 is 2. The molecule has 0 saturated heterocycles. The molecule has 0 aliphatic rings. The Kier molecular flexibility index (Phi) is 5.38. The molecule has 0 spiro atoms. The zero-order chi connectivity index (χ0) is 21.1. The van der Waals surface area contributed by atoms with Gasteiger partial charge in [-0.2, -0.15) is 0 Å². The van der Waals surface area contributed by atoms with Gasteiger partial charge in [-0.05, 0) is 6.07 Å². The molecule has 0 radical (unpaired) electrons. The topological polar surface area (TPSA) is 91.4 Å². The summed E-state index contributed by atoms with van der Waals surface area (Å²) >= 11 is 0. The maximum Gasteiger partial charge on any atom is 0.249 e. The highest BCUT2D eigenvalue weighted by Crippen LogP contribution is 2.30. The Balaban J connectivity index is 1.62. The maximum atomic E-state index is 12.8. The number of carbonyl (C=O) groups is 1. The number of benzene rings is 2. The molecule has 30 heavy (non-hydrogen) atoms. The van der Waals surface area contributed by atoms with Crippen LogP contribution in [0.3, 0.4) is 0 Å². The highest BCUT2D eigenvalue weighted by molar-refractivity contribution is 5.96. The first kappa shape index (κ1) is 19.5. The maximum absolute atomic E-state index is 12.8. The van der Waals surface area contributed by atoms with Crippen LogP contribution in [0.4, 0.5) is 5.69 Å². The number of aromatic nitrogens is 3. The summed E-state index contributed by atoms with van der Waals surface area (Å²) in [6.45, 7) is 2.08. The van der Waals surface area contributed by atoms with E-state index >= 15 is 0 Å². The molecule has 2 heterocycles. The standard InChI is InChI=1S/C22H22N4O4/c1-4-21-24-25-22(30-21)18-12-26(19-8-6-5-7-17(18)19)13-20(27)23-14-9-15(28-2)11-16(10-14)29-3/h5-12H,4,13H2,1-3H3,(H,23,27). The van der Waals surface area contributed by atoms with Gasteiger partial charge in [-0.3, -0.25) is 4.79 Å². The highest BCUT2D eigenvalue weighted by Gasteiger charge is 2.17. The number of para-hydroxylation sites is 1. The van der Waals surface area contributed by atoms with E-state index in [1.54, 1.807) is 32.4 Å². The number of hydrogen-bond acceptors (Lipinski definition) is 6. The number of nitrogens with zero attached hydrogens (tertiary/aromatic N) is 3. The van der Waals surface area contributed by atoms with Gasteiger partial charge in [-0.25, -0.2) is 0 Å². The van der Waals surface area contributed by atoms with E-state index in [2.05, 4.69) is 15.5 Å². The van der Waals surface area contributed by atoms with E-state index in [4.69, 9.17) is 13.9 Å². The van der Waals surface area contributed by atoms with E-state index in [1.807, 2.05) is 42.0 Å². The van der Waals surface area contributed by atoms with Crippen molar-refractivity contribution in [1.82, 2.24) is 14.8 Å². The molecule has 8 nitrogen and oxygen atoms in total. The molecule has 4 aromatic rings. The zero-order valence-corrected chi connectivity index (χ0v) is 17.0. The Morgan fingerprint density at radius 2 is 1.83 bits per heavy atom. The monoisotopic (exact) mass is 406 g/mol. The second-order valence-electron chi connectivity index (χ2n) is 6.69. The van der Waals surface area contributed by atoms with Crippen molar-refractivity contribution >= 4 is 22.5 Å². The Labute approximate surface area is 173 Å². The van der Waals surface area contributed by atoms with Crippen molar-refractivity contribution < 1.29 is 18.7 Å². The molecular weight excluding hydrogens is 384 g/mol. The minimum Gasteiger partial charge on any atom is -0.497 e. The zero-order valence-electron chi connectivity index (χ0n) is 17.0. The molecule has 0 aliphatic heterocycles. The van der Waals surface area contributed by atoms with Gasteiger partial charge in [0.2, 0.25) is 17.7 Å². The quantitative estimate of drug-likeness (QED) is 0.500. The molecule has 0 fully saturated rings. The first-order chi connectivity index (χ1) is 14.6. The van der Waals surface area contributed by atoms with Crippen molar-refractivity contribution in [2.75, 3.05) is 19.5 Å². The summed E-state index contributed by atoms with van der Waals surface area (Å²) in [4.78, 5) is 12.8. The van der Waals surface area contributed by atoms with Crippen molar-refractivity contribution in [3.8, 4) is 23.0 Å². The number of anilines is 1. The lowest BCUT2D eigenvalue weighted by Gasteiger charge is -2.10. The van der Waals surface area contributed by atoms with Crippen LogP contribution in [-0.4, -0.2) is 34.9 Å². The van der Waals surface area contributed by atoms with Crippen LogP contribution in [0.15, 0.2) is 53.1 Å². The van der Waals surface area contributed by atoms with Crippen LogP contribution in [0, 0.1) is 0 Å². The van der Waals surface area contributed by atoms with Gasteiger partial charge < -0.3 is 23.8 Å². The second kappa shape index (κ2) is 8.28. The normalized spacial score (nSPS) is 10.9. The average Bonchev–Trinajstić information content (AvgIpc) is 3.38. The first-order valence-corrected chi connectivity index (χ1v) is 9.54. The number of fused-ring (bicyclic) bond motifs is 1. The molecule has 0 unspecified atom stereocenters. The van der Waals surface area contributed by atoms with Gasteiger partial charge in [-0.15, -0.1) is 10.2 Å². The molecule has 0 saturated carbocycles. The molecule has 2 aromatic heterocycles. The summed E-state index contributed by atoms with van der Waals surface area (Å²) < 4.78 is 18.1. The first-order valence-electron chi connectivity index (χ1n) is 9.54. The largest absolute Gasteiger partial charge is 0.497 e. The summed E-state index contributed by atoms with van der Waals surface area (Å²) in [7, 11) is 3.13. The minimum absolute atomic E-state index is 0.120. The fourth-order valence-electron chi connectivity index (χ4n) is 3.29. The summed E-state index contributed by atoms with van der Waals surface area (Å²) in [5.41, 5.74) is 2.30. The molecule has 4 rings (SSSR count). The molecule has 1 amide bonds. The van der Waals surface area contributed by atoms with Gasteiger partial charge >= 0.3 is 0 Å². The third-order valence-electron chi connectivity index (χ3n) is 4.74. The summed E-state index contributed by atoms with van der Waals surface area (Å²) in [5.74, 6) is 2.03. The van der Waals surface area contributed by atoms with Crippen molar-refractivity contribution in [2.45, 2.75) is 19.9 Å². The number of carbonyl (C=O) groups excluding carboxylic acids is 1. The molecule has 0 atom stereocenters. The third kappa shape index (κ3) is 3.84. The number of hydrogen-bond donors (Lipinski definition) is 1. The summed E-state index contributed by atoms with van der Waals surface area (Å²) in [6, 6.07) is 13.0. The minimum atomic E-state index is -0.183. The van der Waals surface area contributed by atoms with Crippen molar-refractivity contribution in [2.24, 2.45) is 0 Å². The molecular formula is C22H22N4O4. The molecule has 154 valence electrons. The van der Waals surface area contributed by atoms with E-state index in [9.17, 15) is 4.79 Å². The van der Waals surface area contributed by atoms with Gasteiger partial charge in [0.05, 0.1) is 19.8 Å². The number of aryl methyl sites for hydroxylation is 1. The summed E-state index contributed by atoms with van der Waals surface area (Å²) in [6.07, 6.45) is 2.53. The van der Waals surface area contributed by atoms with Crippen LogP contribution in [-0.2, 0) is 17.8 Å².